The van der Waals surface area contributed by atoms with Gasteiger partial charge in [-0.25, -0.2) is 0 Å². The summed E-state index contributed by atoms with van der Waals surface area (Å²) in [7, 11) is 0. The van der Waals surface area contributed by atoms with Crippen molar-refractivity contribution in [2.75, 3.05) is 5.32 Å². The van der Waals surface area contributed by atoms with Crippen molar-refractivity contribution in [2.24, 2.45) is 5.92 Å². The highest BCUT2D eigenvalue weighted by molar-refractivity contribution is 9.10. The molecule has 0 unspecified atom stereocenters. The molecule has 1 aliphatic carbocycles. The van der Waals surface area contributed by atoms with Crippen LogP contribution >= 0.6 is 15.9 Å². The molecule has 4 heteroatoms. The van der Waals surface area contributed by atoms with Gasteiger partial charge in [0.25, 0.3) is 0 Å². The highest BCUT2D eigenvalue weighted by Crippen LogP contribution is 2.41. The van der Waals surface area contributed by atoms with Crippen LogP contribution in [0.1, 0.15) is 31.4 Å². The summed E-state index contributed by atoms with van der Waals surface area (Å²) in [5.41, 5.74) is 2.08. The zero-order chi connectivity index (χ0) is 16.2. The Bertz CT molecular complexity index is 653. The highest BCUT2D eigenvalue weighted by atomic mass is 79.9. The molecule has 0 spiro atoms. The Balaban J connectivity index is 1.63. The minimum Gasteiger partial charge on any atom is -0.325 e. The van der Waals surface area contributed by atoms with Crippen molar-refractivity contribution in [3.63, 3.8) is 0 Å². The number of nitrogens with one attached hydrogen (secondary N) is 2. The Morgan fingerprint density at radius 2 is 1.74 bits per heavy atom. The van der Waals surface area contributed by atoms with Crippen LogP contribution in [0.3, 0.4) is 0 Å². The fourth-order valence-corrected chi connectivity index (χ4v) is 2.99. The van der Waals surface area contributed by atoms with E-state index in [0.29, 0.717) is 5.92 Å². The molecule has 0 bridgehead atoms. The SMILES string of the molecule is C[C@@H](N[C@H](c1ccccc1)C1CC1)C(=O)Nc1ccc(Br)cc1. The number of hydrogen-bond acceptors (Lipinski definition) is 2. The number of halogens is 1. The summed E-state index contributed by atoms with van der Waals surface area (Å²) in [6, 6.07) is 18.0. The van der Waals surface area contributed by atoms with E-state index in [1.54, 1.807) is 0 Å². The normalized spacial score (nSPS) is 16.6. The lowest BCUT2D eigenvalue weighted by molar-refractivity contribution is -0.118. The molecule has 1 fully saturated rings. The van der Waals surface area contributed by atoms with Gasteiger partial charge in [0.1, 0.15) is 0 Å². The number of hydrogen-bond donors (Lipinski definition) is 2. The molecular weight excluding hydrogens is 352 g/mol. The van der Waals surface area contributed by atoms with E-state index >= 15 is 0 Å². The number of rotatable bonds is 6. The molecular formula is C19H21BrN2O. The van der Waals surface area contributed by atoms with Crippen molar-refractivity contribution in [3.05, 3.63) is 64.6 Å². The van der Waals surface area contributed by atoms with Crippen LogP contribution in [0.2, 0.25) is 0 Å². The summed E-state index contributed by atoms with van der Waals surface area (Å²) in [5.74, 6) is 0.634. The molecule has 0 radical (unpaired) electrons. The van der Waals surface area contributed by atoms with Gasteiger partial charge in [-0.15, -0.1) is 0 Å². The van der Waals surface area contributed by atoms with Crippen molar-refractivity contribution in [2.45, 2.75) is 31.8 Å². The molecule has 3 rings (SSSR count). The van der Waals surface area contributed by atoms with Crippen LogP contribution < -0.4 is 10.6 Å². The van der Waals surface area contributed by atoms with Gasteiger partial charge in [-0.3, -0.25) is 10.1 Å². The minimum atomic E-state index is -0.246. The molecule has 0 heterocycles. The van der Waals surface area contributed by atoms with Gasteiger partial charge in [0.2, 0.25) is 5.91 Å². The summed E-state index contributed by atoms with van der Waals surface area (Å²) in [6.07, 6.45) is 2.46. The standard InChI is InChI=1S/C19H21BrN2O/c1-13(19(23)22-17-11-9-16(20)10-12-17)21-18(15-7-8-15)14-5-3-2-4-6-14/h2-6,9-13,15,18,21H,7-8H2,1H3,(H,22,23)/t13-,18-/m1/s1. The minimum absolute atomic E-state index is 0.00564. The van der Waals surface area contributed by atoms with Crippen LogP contribution in [-0.4, -0.2) is 11.9 Å². The van der Waals surface area contributed by atoms with Crippen LogP contribution in [0.15, 0.2) is 59.1 Å². The molecule has 2 atom stereocenters. The first-order valence-electron chi connectivity index (χ1n) is 8.01. The van der Waals surface area contributed by atoms with E-state index in [1.807, 2.05) is 37.3 Å². The number of benzene rings is 2. The maximum Gasteiger partial charge on any atom is 0.241 e. The molecule has 3 nitrogen and oxygen atoms in total. The van der Waals surface area contributed by atoms with Crippen LogP contribution in [0, 0.1) is 5.92 Å². The second-order valence-corrected chi connectivity index (χ2v) is 7.03. The maximum atomic E-state index is 12.4. The topological polar surface area (TPSA) is 41.1 Å². The van der Waals surface area contributed by atoms with E-state index in [9.17, 15) is 4.79 Å². The van der Waals surface area contributed by atoms with Crippen molar-refractivity contribution in [1.29, 1.82) is 0 Å². The van der Waals surface area contributed by atoms with Gasteiger partial charge in [-0.05, 0) is 55.5 Å². The van der Waals surface area contributed by atoms with Crippen molar-refractivity contribution in [3.8, 4) is 0 Å². The van der Waals surface area contributed by atoms with E-state index in [2.05, 4.69) is 50.8 Å². The van der Waals surface area contributed by atoms with Gasteiger partial charge in [-0.2, -0.15) is 0 Å². The number of carbonyl (C=O) groups is 1. The molecule has 1 aliphatic rings. The largest absolute Gasteiger partial charge is 0.325 e. The Kier molecular flexibility index (Phi) is 5.13. The highest BCUT2D eigenvalue weighted by Gasteiger charge is 2.33. The van der Waals surface area contributed by atoms with E-state index in [-0.39, 0.29) is 18.0 Å². The molecule has 23 heavy (non-hydrogen) atoms. The average molecular weight is 373 g/mol. The Hall–Kier alpha value is -1.65. The Morgan fingerprint density at radius 3 is 2.35 bits per heavy atom. The quantitative estimate of drug-likeness (QED) is 0.782. The van der Waals surface area contributed by atoms with Gasteiger partial charge in [0.15, 0.2) is 0 Å². The number of carbonyl (C=O) groups excluding carboxylic acids is 1. The molecule has 1 saturated carbocycles. The van der Waals surface area contributed by atoms with Gasteiger partial charge in [0, 0.05) is 16.2 Å². The smallest absolute Gasteiger partial charge is 0.241 e. The second-order valence-electron chi connectivity index (χ2n) is 6.11. The first kappa shape index (κ1) is 16.2. The molecule has 2 aromatic carbocycles. The predicted molar refractivity (Wildman–Crippen MR) is 97.3 cm³/mol. The van der Waals surface area contributed by atoms with E-state index < -0.39 is 0 Å². The van der Waals surface area contributed by atoms with E-state index in [0.717, 1.165) is 10.2 Å². The van der Waals surface area contributed by atoms with Gasteiger partial charge >= 0.3 is 0 Å². The number of amides is 1. The monoisotopic (exact) mass is 372 g/mol. The maximum absolute atomic E-state index is 12.4. The van der Waals surface area contributed by atoms with E-state index in [4.69, 9.17) is 0 Å². The molecule has 2 aromatic rings. The molecule has 2 N–H and O–H groups in total. The molecule has 0 aliphatic heterocycles. The van der Waals surface area contributed by atoms with Crippen LogP contribution in [0.4, 0.5) is 5.69 Å². The zero-order valence-corrected chi connectivity index (χ0v) is 14.7. The van der Waals surface area contributed by atoms with Crippen molar-refractivity contribution >= 4 is 27.5 Å². The van der Waals surface area contributed by atoms with Crippen molar-refractivity contribution in [1.82, 2.24) is 5.32 Å². The second kappa shape index (κ2) is 7.28. The van der Waals surface area contributed by atoms with Crippen LogP contribution in [-0.2, 0) is 4.79 Å². The lowest BCUT2D eigenvalue weighted by atomic mass is 10.0. The van der Waals surface area contributed by atoms with Crippen LogP contribution in [0.5, 0.6) is 0 Å². The third-order valence-electron chi connectivity index (χ3n) is 4.19. The summed E-state index contributed by atoms with van der Waals surface area (Å²) < 4.78 is 1.000. The lowest BCUT2D eigenvalue weighted by Crippen LogP contribution is -2.40. The van der Waals surface area contributed by atoms with Gasteiger partial charge < -0.3 is 5.32 Å². The fraction of sp³-hybridized carbons (Fsp3) is 0.316. The predicted octanol–water partition coefficient (Wildman–Crippen LogP) is 4.52. The van der Waals surface area contributed by atoms with Crippen LogP contribution in [0.25, 0.3) is 0 Å². The van der Waals surface area contributed by atoms with Gasteiger partial charge in [0.05, 0.1) is 6.04 Å². The molecule has 1 amide bonds. The van der Waals surface area contributed by atoms with E-state index in [1.165, 1.54) is 18.4 Å². The summed E-state index contributed by atoms with van der Waals surface area (Å²) in [6.45, 7) is 1.92. The van der Waals surface area contributed by atoms with Gasteiger partial charge in [-0.1, -0.05) is 46.3 Å². The summed E-state index contributed by atoms with van der Waals surface area (Å²) in [5, 5.41) is 6.47. The molecule has 0 aromatic heterocycles. The summed E-state index contributed by atoms with van der Waals surface area (Å²) >= 11 is 3.40. The fourth-order valence-electron chi connectivity index (χ4n) is 2.72. The zero-order valence-electron chi connectivity index (χ0n) is 13.1. The first-order valence-corrected chi connectivity index (χ1v) is 8.80. The molecule has 120 valence electrons. The van der Waals surface area contributed by atoms with Crippen molar-refractivity contribution < 1.29 is 4.79 Å². The summed E-state index contributed by atoms with van der Waals surface area (Å²) in [4.78, 5) is 12.4. The third-order valence-corrected chi connectivity index (χ3v) is 4.72. The average Bonchev–Trinajstić information content (AvgIpc) is 3.40. The third kappa shape index (κ3) is 4.43. The lowest BCUT2D eigenvalue weighted by Gasteiger charge is -2.23. The number of anilines is 1. The Morgan fingerprint density at radius 1 is 1.09 bits per heavy atom. The molecule has 0 saturated heterocycles. The first-order chi connectivity index (χ1) is 11.1. The Labute approximate surface area is 145 Å².